The van der Waals surface area contributed by atoms with E-state index in [1.165, 1.54) is 0 Å². The summed E-state index contributed by atoms with van der Waals surface area (Å²) >= 11 is 0. The van der Waals surface area contributed by atoms with Gasteiger partial charge in [-0.2, -0.15) is 0 Å². The number of hydrogen-bond acceptors (Lipinski definition) is 2. The summed E-state index contributed by atoms with van der Waals surface area (Å²) in [5, 5.41) is 12.2. The Balaban J connectivity index is 2.26. The van der Waals surface area contributed by atoms with Crippen LogP contribution in [0.2, 0.25) is 0 Å². The standard InChI is InChI=1S/C15H15NO/c1-2-3-4-9-14(17)15-13-8-6-5-7-12(13)10-11-16-15/h1,5-8,10-11,14,17H,3-4,9H2. The summed E-state index contributed by atoms with van der Waals surface area (Å²) in [4.78, 5) is 4.28. The Hall–Kier alpha value is -1.85. The van der Waals surface area contributed by atoms with Gasteiger partial charge in [-0.3, -0.25) is 4.98 Å². The van der Waals surface area contributed by atoms with Crippen LogP contribution in [0, 0.1) is 12.3 Å². The molecule has 86 valence electrons. The first kappa shape index (κ1) is 11.6. The first-order valence-corrected chi connectivity index (χ1v) is 5.78. The zero-order chi connectivity index (χ0) is 12.1. The van der Waals surface area contributed by atoms with Crippen LogP contribution in [0.5, 0.6) is 0 Å². The van der Waals surface area contributed by atoms with Crippen molar-refractivity contribution in [3.05, 3.63) is 42.2 Å². The number of hydrogen-bond donors (Lipinski definition) is 1. The minimum absolute atomic E-state index is 0.533. The zero-order valence-corrected chi connectivity index (χ0v) is 9.63. The summed E-state index contributed by atoms with van der Waals surface area (Å²) in [6.07, 6.45) is 8.58. The monoisotopic (exact) mass is 225 g/mol. The smallest absolute Gasteiger partial charge is 0.0966 e. The van der Waals surface area contributed by atoms with E-state index in [1.807, 2.05) is 30.3 Å². The van der Waals surface area contributed by atoms with Crippen LogP contribution in [0.3, 0.4) is 0 Å². The summed E-state index contributed by atoms with van der Waals surface area (Å²) in [7, 11) is 0. The molecule has 1 atom stereocenters. The van der Waals surface area contributed by atoms with Gasteiger partial charge in [-0.15, -0.1) is 12.3 Å². The third-order valence-electron chi connectivity index (χ3n) is 2.82. The number of benzene rings is 1. The minimum atomic E-state index is -0.533. The Morgan fingerprint density at radius 2 is 2.12 bits per heavy atom. The molecule has 2 nitrogen and oxygen atoms in total. The molecule has 0 aliphatic heterocycles. The van der Waals surface area contributed by atoms with Crippen molar-refractivity contribution in [1.82, 2.24) is 4.98 Å². The third kappa shape index (κ3) is 2.64. The van der Waals surface area contributed by atoms with Crippen LogP contribution >= 0.6 is 0 Å². The lowest BCUT2D eigenvalue weighted by Crippen LogP contribution is -2.01. The van der Waals surface area contributed by atoms with Gasteiger partial charge in [0.15, 0.2) is 0 Å². The van der Waals surface area contributed by atoms with Crippen LogP contribution in [0.15, 0.2) is 36.5 Å². The van der Waals surface area contributed by atoms with Gasteiger partial charge in [0.25, 0.3) is 0 Å². The Bertz CT molecular complexity index is 537. The summed E-state index contributed by atoms with van der Waals surface area (Å²) in [6.45, 7) is 0. The minimum Gasteiger partial charge on any atom is -0.387 e. The molecule has 17 heavy (non-hydrogen) atoms. The Morgan fingerprint density at radius 1 is 1.29 bits per heavy atom. The van der Waals surface area contributed by atoms with Crippen molar-refractivity contribution in [2.75, 3.05) is 0 Å². The maximum Gasteiger partial charge on any atom is 0.0966 e. The van der Waals surface area contributed by atoms with Crippen LogP contribution < -0.4 is 0 Å². The SMILES string of the molecule is C#CCCCC(O)c1nccc2ccccc12. The van der Waals surface area contributed by atoms with E-state index in [0.29, 0.717) is 12.8 Å². The molecule has 0 saturated carbocycles. The van der Waals surface area contributed by atoms with E-state index in [-0.39, 0.29) is 0 Å². The van der Waals surface area contributed by atoms with Gasteiger partial charge < -0.3 is 5.11 Å². The van der Waals surface area contributed by atoms with Crippen LogP contribution in [0.4, 0.5) is 0 Å². The fraction of sp³-hybridized carbons (Fsp3) is 0.267. The van der Waals surface area contributed by atoms with Crippen molar-refractivity contribution in [2.45, 2.75) is 25.4 Å². The highest BCUT2D eigenvalue weighted by Gasteiger charge is 2.11. The predicted molar refractivity (Wildman–Crippen MR) is 69.4 cm³/mol. The molecule has 0 radical (unpaired) electrons. The molecule has 0 amide bonds. The maximum absolute atomic E-state index is 10.1. The molecule has 2 rings (SSSR count). The van der Waals surface area contributed by atoms with Crippen molar-refractivity contribution in [3.8, 4) is 12.3 Å². The van der Waals surface area contributed by atoms with E-state index < -0.39 is 6.10 Å². The van der Waals surface area contributed by atoms with Crippen molar-refractivity contribution in [1.29, 1.82) is 0 Å². The molecular weight excluding hydrogens is 210 g/mol. The predicted octanol–water partition coefficient (Wildman–Crippen LogP) is 3.07. The van der Waals surface area contributed by atoms with Gasteiger partial charge in [0.1, 0.15) is 0 Å². The lowest BCUT2D eigenvalue weighted by atomic mass is 10.0. The number of aromatic nitrogens is 1. The highest BCUT2D eigenvalue weighted by Crippen LogP contribution is 2.25. The van der Waals surface area contributed by atoms with Gasteiger partial charge in [-0.1, -0.05) is 24.3 Å². The average molecular weight is 225 g/mol. The van der Waals surface area contributed by atoms with Gasteiger partial charge in [-0.25, -0.2) is 0 Å². The number of unbranched alkanes of at least 4 members (excludes halogenated alkanes) is 1. The van der Waals surface area contributed by atoms with Crippen LogP contribution in [0.1, 0.15) is 31.1 Å². The van der Waals surface area contributed by atoms with Crippen molar-refractivity contribution < 1.29 is 5.11 Å². The second-order valence-corrected chi connectivity index (χ2v) is 4.03. The quantitative estimate of drug-likeness (QED) is 0.640. The number of aliphatic hydroxyl groups excluding tert-OH is 1. The second-order valence-electron chi connectivity index (χ2n) is 4.03. The van der Waals surface area contributed by atoms with E-state index >= 15 is 0 Å². The van der Waals surface area contributed by atoms with E-state index in [0.717, 1.165) is 22.9 Å². The number of fused-ring (bicyclic) bond motifs is 1. The fourth-order valence-corrected chi connectivity index (χ4v) is 1.94. The zero-order valence-electron chi connectivity index (χ0n) is 9.63. The van der Waals surface area contributed by atoms with Gasteiger partial charge in [0.2, 0.25) is 0 Å². The molecule has 0 fully saturated rings. The normalized spacial score (nSPS) is 12.2. The number of rotatable bonds is 4. The molecular formula is C15H15NO. The largest absolute Gasteiger partial charge is 0.387 e. The first-order chi connectivity index (χ1) is 8.33. The summed E-state index contributed by atoms with van der Waals surface area (Å²) in [5.41, 5.74) is 0.750. The van der Waals surface area contributed by atoms with Crippen molar-refractivity contribution in [2.24, 2.45) is 0 Å². The van der Waals surface area contributed by atoms with E-state index in [2.05, 4.69) is 10.9 Å². The topological polar surface area (TPSA) is 33.1 Å². The van der Waals surface area contributed by atoms with E-state index in [9.17, 15) is 5.11 Å². The highest BCUT2D eigenvalue weighted by molar-refractivity contribution is 5.84. The molecule has 1 aromatic heterocycles. The Labute approximate surface area is 101 Å². The molecule has 0 aliphatic rings. The Morgan fingerprint density at radius 3 is 2.94 bits per heavy atom. The van der Waals surface area contributed by atoms with Gasteiger partial charge >= 0.3 is 0 Å². The van der Waals surface area contributed by atoms with Gasteiger partial charge in [-0.05, 0) is 24.3 Å². The summed E-state index contributed by atoms with van der Waals surface area (Å²) in [6, 6.07) is 9.91. The number of aliphatic hydroxyl groups is 1. The molecule has 1 aromatic carbocycles. The van der Waals surface area contributed by atoms with E-state index in [4.69, 9.17) is 6.42 Å². The van der Waals surface area contributed by atoms with Crippen LogP contribution in [0.25, 0.3) is 10.8 Å². The molecule has 0 bridgehead atoms. The Kier molecular flexibility index (Phi) is 3.74. The van der Waals surface area contributed by atoms with Crippen molar-refractivity contribution >= 4 is 10.8 Å². The number of nitrogens with zero attached hydrogens (tertiary/aromatic N) is 1. The van der Waals surface area contributed by atoms with Gasteiger partial charge in [0.05, 0.1) is 11.8 Å². The second kappa shape index (κ2) is 5.47. The first-order valence-electron chi connectivity index (χ1n) is 5.78. The average Bonchev–Trinajstić information content (AvgIpc) is 2.38. The molecule has 1 N–H and O–H groups in total. The summed E-state index contributed by atoms with van der Waals surface area (Å²) < 4.78 is 0. The van der Waals surface area contributed by atoms with Crippen molar-refractivity contribution in [3.63, 3.8) is 0 Å². The fourth-order valence-electron chi connectivity index (χ4n) is 1.94. The highest BCUT2D eigenvalue weighted by atomic mass is 16.3. The number of pyridine rings is 1. The van der Waals surface area contributed by atoms with Crippen LogP contribution in [-0.2, 0) is 0 Å². The summed E-state index contributed by atoms with van der Waals surface area (Å²) in [5.74, 6) is 2.58. The molecule has 2 heteroatoms. The lowest BCUT2D eigenvalue weighted by molar-refractivity contribution is 0.162. The molecule has 0 aliphatic carbocycles. The maximum atomic E-state index is 10.1. The van der Waals surface area contributed by atoms with Gasteiger partial charge in [0, 0.05) is 18.0 Å². The molecule has 0 spiro atoms. The van der Waals surface area contributed by atoms with Crippen LogP contribution in [-0.4, -0.2) is 10.1 Å². The lowest BCUT2D eigenvalue weighted by Gasteiger charge is -2.11. The van der Waals surface area contributed by atoms with E-state index in [1.54, 1.807) is 6.20 Å². The molecule has 0 saturated heterocycles. The molecule has 1 heterocycles. The third-order valence-corrected chi connectivity index (χ3v) is 2.82. The molecule has 1 unspecified atom stereocenters. The molecule has 2 aromatic rings. The number of terminal acetylenes is 1.